The molecule has 1 aliphatic heterocycles. The molecular formula is C17H18ClN3O3. The molecule has 1 saturated heterocycles. The molecule has 0 bridgehead atoms. The largest absolute Gasteiger partial charge is 0.439 e. The lowest BCUT2D eigenvalue weighted by molar-refractivity contribution is -0.128. The lowest BCUT2D eigenvalue weighted by Crippen LogP contribution is -2.31. The van der Waals surface area contributed by atoms with Crippen molar-refractivity contribution in [2.45, 2.75) is 32.9 Å². The van der Waals surface area contributed by atoms with Crippen LogP contribution >= 0.6 is 11.6 Å². The number of urea groups is 1. The molecule has 1 fully saturated rings. The van der Waals surface area contributed by atoms with Crippen LogP contribution in [-0.4, -0.2) is 27.9 Å². The van der Waals surface area contributed by atoms with Gasteiger partial charge in [0, 0.05) is 10.6 Å². The number of rotatable bonds is 5. The Balaban J connectivity index is 1.71. The number of carbonyl (C=O) groups is 2. The molecule has 7 heteroatoms. The van der Waals surface area contributed by atoms with E-state index in [-0.39, 0.29) is 12.5 Å². The van der Waals surface area contributed by atoms with E-state index in [4.69, 9.17) is 16.0 Å². The van der Waals surface area contributed by atoms with Crippen molar-refractivity contribution in [1.29, 1.82) is 0 Å². The van der Waals surface area contributed by atoms with E-state index in [1.54, 1.807) is 18.3 Å². The fraction of sp³-hybridized carbons (Fsp3) is 0.353. The molecule has 1 aromatic carbocycles. The Morgan fingerprint density at radius 2 is 2.00 bits per heavy atom. The van der Waals surface area contributed by atoms with E-state index < -0.39 is 12.1 Å². The smallest absolute Gasteiger partial charge is 0.325 e. The molecule has 0 spiro atoms. The zero-order valence-corrected chi connectivity index (χ0v) is 14.2. The first-order valence-electron chi connectivity index (χ1n) is 7.76. The second kappa shape index (κ2) is 6.65. The van der Waals surface area contributed by atoms with Gasteiger partial charge in [-0.25, -0.2) is 9.78 Å². The molecule has 1 atom stereocenters. The van der Waals surface area contributed by atoms with Crippen molar-refractivity contribution in [1.82, 2.24) is 15.2 Å². The molecule has 126 valence electrons. The molecule has 2 heterocycles. The number of nitrogens with one attached hydrogen (secondary N) is 1. The van der Waals surface area contributed by atoms with Crippen molar-refractivity contribution in [3.05, 3.63) is 41.4 Å². The van der Waals surface area contributed by atoms with Crippen LogP contribution in [-0.2, 0) is 11.3 Å². The van der Waals surface area contributed by atoms with E-state index in [1.165, 1.54) is 0 Å². The van der Waals surface area contributed by atoms with Gasteiger partial charge in [0.15, 0.2) is 5.76 Å². The first-order valence-corrected chi connectivity index (χ1v) is 8.14. The maximum atomic E-state index is 12.3. The highest BCUT2D eigenvalue weighted by Gasteiger charge is 2.38. The Kier molecular flexibility index (Phi) is 4.57. The summed E-state index contributed by atoms with van der Waals surface area (Å²) in [4.78, 5) is 29.6. The van der Waals surface area contributed by atoms with E-state index in [1.807, 2.05) is 26.0 Å². The molecule has 1 N–H and O–H groups in total. The summed E-state index contributed by atoms with van der Waals surface area (Å²) >= 11 is 5.86. The quantitative estimate of drug-likeness (QED) is 0.840. The van der Waals surface area contributed by atoms with Crippen LogP contribution in [0.2, 0.25) is 5.02 Å². The van der Waals surface area contributed by atoms with Gasteiger partial charge in [-0.2, -0.15) is 0 Å². The molecule has 3 rings (SSSR count). The molecule has 0 radical (unpaired) electrons. The summed E-state index contributed by atoms with van der Waals surface area (Å²) in [5.41, 5.74) is 0.827. The molecule has 2 aromatic rings. The van der Waals surface area contributed by atoms with Crippen LogP contribution in [0, 0.1) is 5.92 Å². The highest BCUT2D eigenvalue weighted by Crippen LogP contribution is 2.24. The first-order chi connectivity index (χ1) is 11.4. The van der Waals surface area contributed by atoms with Gasteiger partial charge in [0.2, 0.25) is 5.89 Å². The number of hydrogen-bond donors (Lipinski definition) is 1. The second-order valence-electron chi connectivity index (χ2n) is 6.18. The molecule has 1 unspecified atom stereocenters. The number of carbonyl (C=O) groups excluding carboxylic acids is 2. The third-order valence-corrected chi connectivity index (χ3v) is 4.04. The fourth-order valence-electron chi connectivity index (χ4n) is 2.62. The molecule has 6 nitrogen and oxygen atoms in total. The van der Waals surface area contributed by atoms with Crippen molar-refractivity contribution in [2.24, 2.45) is 5.92 Å². The summed E-state index contributed by atoms with van der Waals surface area (Å²) in [5, 5.41) is 3.34. The molecule has 1 aliphatic rings. The number of oxazole rings is 1. The molecular weight excluding hydrogens is 330 g/mol. The van der Waals surface area contributed by atoms with Crippen LogP contribution in [0.15, 0.2) is 34.9 Å². The van der Waals surface area contributed by atoms with Crippen LogP contribution in [0.3, 0.4) is 0 Å². The summed E-state index contributed by atoms with van der Waals surface area (Å²) in [7, 11) is 0. The van der Waals surface area contributed by atoms with Crippen molar-refractivity contribution >= 4 is 23.5 Å². The van der Waals surface area contributed by atoms with Gasteiger partial charge >= 0.3 is 6.03 Å². The van der Waals surface area contributed by atoms with Gasteiger partial charge in [-0.1, -0.05) is 25.4 Å². The van der Waals surface area contributed by atoms with Gasteiger partial charge in [0.05, 0.1) is 6.20 Å². The van der Waals surface area contributed by atoms with Crippen LogP contribution in [0.25, 0.3) is 11.3 Å². The molecule has 24 heavy (non-hydrogen) atoms. The number of hydrogen-bond acceptors (Lipinski definition) is 4. The third kappa shape index (κ3) is 3.43. The van der Waals surface area contributed by atoms with Gasteiger partial charge in [-0.15, -0.1) is 0 Å². The maximum absolute atomic E-state index is 12.3. The second-order valence-corrected chi connectivity index (χ2v) is 6.62. The zero-order chi connectivity index (χ0) is 17.3. The minimum Gasteiger partial charge on any atom is -0.439 e. The molecule has 0 saturated carbocycles. The standard InChI is InChI=1S/C17H18ClN3O3/c1-10(2)7-13-16(22)21(17(23)20-13)9-15-19-8-14(24-15)11-3-5-12(18)6-4-11/h3-6,8,10,13H,7,9H2,1-2H3,(H,20,23). The van der Waals surface area contributed by atoms with Gasteiger partial charge < -0.3 is 9.73 Å². The number of aromatic nitrogens is 1. The zero-order valence-electron chi connectivity index (χ0n) is 13.5. The number of benzene rings is 1. The minimum absolute atomic E-state index is 0.0207. The monoisotopic (exact) mass is 347 g/mol. The Labute approximate surface area is 144 Å². The number of nitrogens with zero attached hydrogens (tertiary/aromatic N) is 2. The predicted octanol–water partition coefficient (Wildman–Crippen LogP) is 3.46. The Bertz CT molecular complexity index is 755. The predicted molar refractivity (Wildman–Crippen MR) is 89.3 cm³/mol. The minimum atomic E-state index is -0.469. The third-order valence-electron chi connectivity index (χ3n) is 3.79. The number of imide groups is 1. The first kappa shape index (κ1) is 16.5. The van der Waals surface area contributed by atoms with Crippen LogP contribution in [0.5, 0.6) is 0 Å². The topological polar surface area (TPSA) is 75.4 Å². The lowest BCUT2D eigenvalue weighted by atomic mass is 10.0. The molecule has 3 amide bonds. The summed E-state index contributed by atoms with van der Waals surface area (Å²) < 4.78 is 5.66. The molecule has 1 aromatic heterocycles. The maximum Gasteiger partial charge on any atom is 0.325 e. The average Bonchev–Trinajstić information content (AvgIpc) is 3.09. The van der Waals surface area contributed by atoms with E-state index in [2.05, 4.69) is 10.3 Å². The number of halogens is 1. The average molecular weight is 348 g/mol. The van der Waals surface area contributed by atoms with Gasteiger partial charge in [-0.05, 0) is 36.6 Å². The van der Waals surface area contributed by atoms with E-state index in [9.17, 15) is 9.59 Å². The van der Waals surface area contributed by atoms with Crippen LogP contribution in [0.1, 0.15) is 26.2 Å². The summed E-state index contributed by atoms with van der Waals surface area (Å²) in [6.07, 6.45) is 2.19. The van der Waals surface area contributed by atoms with Gasteiger partial charge in [-0.3, -0.25) is 9.69 Å². The Morgan fingerprint density at radius 3 is 2.67 bits per heavy atom. The van der Waals surface area contributed by atoms with Crippen LogP contribution in [0.4, 0.5) is 4.79 Å². The van der Waals surface area contributed by atoms with E-state index in [0.717, 1.165) is 10.5 Å². The highest BCUT2D eigenvalue weighted by molar-refractivity contribution is 6.30. The van der Waals surface area contributed by atoms with Crippen molar-refractivity contribution in [3.8, 4) is 11.3 Å². The summed E-state index contributed by atoms with van der Waals surface area (Å²) in [5.74, 6) is 0.957. The van der Waals surface area contributed by atoms with Crippen molar-refractivity contribution < 1.29 is 14.0 Å². The normalized spacial score (nSPS) is 17.7. The lowest BCUT2D eigenvalue weighted by Gasteiger charge is -2.11. The Hall–Kier alpha value is -2.34. The SMILES string of the molecule is CC(C)CC1NC(=O)N(Cc2ncc(-c3ccc(Cl)cc3)o2)C1=O. The summed E-state index contributed by atoms with van der Waals surface area (Å²) in [6, 6.07) is 6.28. The van der Waals surface area contributed by atoms with E-state index in [0.29, 0.717) is 29.0 Å². The van der Waals surface area contributed by atoms with Crippen LogP contribution < -0.4 is 5.32 Å². The van der Waals surface area contributed by atoms with E-state index >= 15 is 0 Å². The number of amides is 3. The van der Waals surface area contributed by atoms with Crippen molar-refractivity contribution in [3.63, 3.8) is 0 Å². The summed E-state index contributed by atoms with van der Waals surface area (Å²) in [6.45, 7) is 4.04. The molecule has 0 aliphatic carbocycles. The Morgan fingerprint density at radius 1 is 1.29 bits per heavy atom. The van der Waals surface area contributed by atoms with Gasteiger partial charge in [0.1, 0.15) is 12.6 Å². The highest BCUT2D eigenvalue weighted by atomic mass is 35.5. The van der Waals surface area contributed by atoms with Gasteiger partial charge in [0.25, 0.3) is 5.91 Å². The van der Waals surface area contributed by atoms with Crippen molar-refractivity contribution in [2.75, 3.05) is 0 Å². The fourth-order valence-corrected chi connectivity index (χ4v) is 2.75.